The number of rotatable bonds is 3. The summed E-state index contributed by atoms with van der Waals surface area (Å²) >= 11 is 5.92. The van der Waals surface area contributed by atoms with E-state index in [0.29, 0.717) is 17.1 Å². The molecule has 1 aromatic heterocycles. The van der Waals surface area contributed by atoms with Gasteiger partial charge in [-0.2, -0.15) is 0 Å². The fourth-order valence-electron chi connectivity index (χ4n) is 2.01. The molecule has 2 heterocycles. The third kappa shape index (κ3) is 2.83. The lowest BCUT2D eigenvalue weighted by Crippen LogP contribution is -2.36. The number of hydrogen-bond donors (Lipinski definition) is 1. The Balaban J connectivity index is 2.04. The minimum Gasteiger partial charge on any atom is -0.342 e. The number of anilines is 1. The first-order chi connectivity index (χ1) is 7.65. The van der Waals surface area contributed by atoms with E-state index in [2.05, 4.69) is 20.2 Å². The average molecular weight is 241 g/mol. The highest BCUT2D eigenvalue weighted by Gasteiger charge is 2.17. The summed E-state index contributed by atoms with van der Waals surface area (Å²) in [6.07, 6.45) is 2.48. The molecule has 0 radical (unpaired) electrons. The van der Waals surface area contributed by atoms with Gasteiger partial charge in [-0.3, -0.25) is 0 Å². The van der Waals surface area contributed by atoms with Crippen LogP contribution in [-0.4, -0.2) is 36.1 Å². The van der Waals surface area contributed by atoms with Crippen LogP contribution in [0.1, 0.15) is 18.5 Å². The Hall–Kier alpha value is -0.870. The first kappa shape index (κ1) is 11.6. The predicted octanol–water partition coefficient (Wildman–Crippen LogP) is 1.63. The van der Waals surface area contributed by atoms with Gasteiger partial charge in [0.15, 0.2) is 0 Å². The zero-order valence-corrected chi connectivity index (χ0v) is 10.5. The molecule has 1 aliphatic rings. The lowest BCUT2D eigenvalue weighted by Gasteiger charge is -2.21. The maximum absolute atomic E-state index is 5.92. The summed E-state index contributed by atoms with van der Waals surface area (Å²) in [7, 11) is 2.01. The minimum atomic E-state index is 0.508. The van der Waals surface area contributed by atoms with Crippen molar-refractivity contribution in [2.24, 2.45) is 0 Å². The number of aromatic nitrogens is 2. The van der Waals surface area contributed by atoms with Crippen molar-refractivity contribution in [3.8, 4) is 0 Å². The van der Waals surface area contributed by atoms with Crippen molar-refractivity contribution >= 4 is 17.5 Å². The zero-order chi connectivity index (χ0) is 11.5. The molecule has 1 N–H and O–H groups in total. The Morgan fingerprint density at radius 1 is 1.56 bits per heavy atom. The van der Waals surface area contributed by atoms with E-state index in [1.54, 1.807) is 6.07 Å². The van der Waals surface area contributed by atoms with Crippen molar-refractivity contribution in [3.63, 3.8) is 0 Å². The predicted molar refractivity (Wildman–Crippen MR) is 66.1 cm³/mol. The van der Waals surface area contributed by atoms with Crippen LogP contribution in [0.3, 0.4) is 0 Å². The Kier molecular flexibility index (Phi) is 3.61. The van der Waals surface area contributed by atoms with Crippen LogP contribution in [0.4, 0.5) is 5.95 Å². The van der Waals surface area contributed by atoms with Crippen molar-refractivity contribution in [2.45, 2.75) is 25.8 Å². The summed E-state index contributed by atoms with van der Waals surface area (Å²) in [5.41, 5.74) is 0.904. The SMILES string of the molecule is Cc1cc(Cl)nc(N(C)CC2CCCN2)n1. The van der Waals surface area contributed by atoms with Gasteiger partial charge in [-0.05, 0) is 32.4 Å². The second-order valence-electron chi connectivity index (χ2n) is 4.31. The molecule has 0 saturated carbocycles. The normalized spacial score (nSPS) is 20.1. The number of halogens is 1. The van der Waals surface area contributed by atoms with E-state index in [1.807, 2.05) is 14.0 Å². The molecular weight excluding hydrogens is 224 g/mol. The number of aryl methyl sites for hydroxylation is 1. The van der Waals surface area contributed by atoms with Gasteiger partial charge in [0.25, 0.3) is 0 Å². The van der Waals surface area contributed by atoms with Crippen molar-refractivity contribution in [1.82, 2.24) is 15.3 Å². The van der Waals surface area contributed by atoms with Crippen LogP contribution in [0.5, 0.6) is 0 Å². The van der Waals surface area contributed by atoms with E-state index in [-0.39, 0.29) is 0 Å². The van der Waals surface area contributed by atoms with Crippen LogP contribution in [0.25, 0.3) is 0 Å². The summed E-state index contributed by atoms with van der Waals surface area (Å²) in [5, 5.41) is 3.96. The fourth-order valence-corrected chi connectivity index (χ4v) is 2.24. The molecule has 0 bridgehead atoms. The van der Waals surface area contributed by atoms with E-state index in [9.17, 15) is 0 Å². The smallest absolute Gasteiger partial charge is 0.226 e. The average Bonchev–Trinajstić information content (AvgIpc) is 2.68. The molecule has 0 amide bonds. The molecule has 0 aromatic carbocycles. The van der Waals surface area contributed by atoms with Gasteiger partial charge >= 0.3 is 0 Å². The highest BCUT2D eigenvalue weighted by molar-refractivity contribution is 6.29. The molecule has 16 heavy (non-hydrogen) atoms. The Morgan fingerprint density at radius 3 is 3.00 bits per heavy atom. The molecule has 1 unspecified atom stereocenters. The summed E-state index contributed by atoms with van der Waals surface area (Å²) in [4.78, 5) is 10.7. The maximum atomic E-state index is 5.92. The maximum Gasteiger partial charge on any atom is 0.226 e. The quantitative estimate of drug-likeness (QED) is 0.816. The van der Waals surface area contributed by atoms with Gasteiger partial charge in [0, 0.05) is 25.3 Å². The van der Waals surface area contributed by atoms with E-state index in [0.717, 1.165) is 18.8 Å². The zero-order valence-electron chi connectivity index (χ0n) is 9.70. The van der Waals surface area contributed by atoms with E-state index < -0.39 is 0 Å². The summed E-state index contributed by atoms with van der Waals surface area (Å²) in [5.74, 6) is 0.707. The third-order valence-electron chi connectivity index (χ3n) is 2.81. The summed E-state index contributed by atoms with van der Waals surface area (Å²) in [6, 6.07) is 2.32. The van der Waals surface area contributed by atoms with Crippen LogP contribution in [0, 0.1) is 6.92 Å². The van der Waals surface area contributed by atoms with Crippen LogP contribution in [0.15, 0.2) is 6.07 Å². The standard InChI is InChI=1S/C11H17ClN4/c1-8-6-10(12)15-11(14-8)16(2)7-9-4-3-5-13-9/h6,9,13H,3-5,7H2,1-2H3. The van der Waals surface area contributed by atoms with Gasteiger partial charge in [-0.25, -0.2) is 9.97 Å². The van der Waals surface area contributed by atoms with Gasteiger partial charge < -0.3 is 10.2 Å². The van der Waals surface area contributed by atoms with E-state index >= 15 is 0 Å². The van der Waals surface area contributed by atoms with Gasteiger partial charge in [-0.15, -0.1) is 0 Å². The van der Waals surface area contributed by atoms with Crippen LogP contribution < -0.4 is 10.2 Å². The molecule has 2 rings (SSSR count). The number of nitrogens with one attached hydrogen (secondary N) is 1. The van der Waals surface area contributed by atoms with Crippen LogP contribution in [0.2, 0.25) is 5.15 Å². The molecule has 1 aliphatic heterocycles. The molecule has 1 aromatic rings. The van der Waals surface area contributed by atoms with E-state index in [1.165, 1.54) is 12.8 Å². The first-order valence-corrected chi connectivity index (χ1v) is 5.98. The molecule has 88 valence electrons. The van der Waals surface area contributed by atoms with Crippen LogP contribution in [-0.2, 0) is 0 Å². The van der Waals surface area contributed by atoms with Crippen molar-refractivity contribution < 1.29 is 0 Å². The second-order valence-corrected chi connectivity index (χ2v) is 4.69. The van der Waals surface area contributed by atoms with E-state index in [4.69, 9.17) is 11.6 Å². The summed E-state index contributed by atoms with van der Waals surface area (Å²) in [6.45, 7) is 3.98. The highest BCUT2D eigenvalue weighted by atomic mass is 35.5. The fraction of sp³-hybridized carbons (Fsp3) is 0.636. The third-order valence-corrected chi connectivity index (χ3v) is 3.00. The number of likely N-dealkylation sites (N-methyl/N-ethyl adjacent to an activating group) is 1. The highest BCUT2D eigenvalue weighted by Crippen LogP contribution is 2.14. The van der Waals surface area contributed by atoms with Gasteiger partial charge in [-0.1, -0.05) is 11.6 Å². The minimum absolute atomic E-state index is 0.508. The Morgan fingerprint density at radius 2 is 2.38 bits per heavy atom. The van der Waals surface area contributed by atoms with Gasteiger partial charge in [0.05, 0.1) is 0 Å². The van der Waals surface area contributed by atoms with Crippen molar-refractivity contribution in [2.75, 3.05) is 25.0 Å². The summed E-state index contributed by atoms with van der Waals surface area (Å²) < 4.78 is 0. The van der Waals surface area contributed by atoms with Gasteiger partial charge in [0.1, 0.15) is 5.15 Å². The van der Waals surface area contributed by atoms with Crippen molar-refractivity contribution in [1.29, 1.82) is 0 Å². The molecule has 5 heteroatoms. The largest absolute Gasteiger partial charge is 0.342 e. The first-order valence-electron chi connectivity index (χ1n) is 5.61. The Labute approximate surface area is 101 Å². The topological polar surface area (TPSA) is 41.1 Å². The molecule has 1 fully saturated rings. The number of hydrogen-bond acceptors (Lipinski definition) is 4. The molecular formula is C11H17ClN4. The number of nitrogens with zero attached hydrogens (tertiary/aromatic N) is 3. The van der Waals surface area contributed by atoms with Crippen LogP contribution >= 0.6 is 11.6 Å². The molecule has 0 spiro atoms. The molecule has 0 aliphatic carbocycles. The Bertz CT molecular complexity index is 343. The second kappa shape index (κ2) is 4.97. The molecule has 4 nitrogen and oxygen atoms in total. The molecule has 1 atom stereocenters. The monoisotopic (exact) mass is 240 g/mol. The van der Waals surface area contributed by atoms with Gasteiger partial charge in [0.2, 0.25) is 5.95 Å². The van der Waals surface area contributed by atoms with Crippen molar-refractivity contribution in [3.05, 3.63) is 16.9 Å². The lowest BCUT2D eigenvalue weighted by molar-refractivity contribution is 0.594. The lowest BCUT2D eigenvalue weighted by atomic mass is 10.2. The molecule has 1 saturated heterocycles.